The number of fused-ring (bicyclic) bond motifs is 2. The van der Waals surface area contributed by atoms with Gasteiger partial charge < -0.3 is 4.90 Å². The lowest BCUT2D eigenvalue weighted by molar-refractivity contribution is -0.438. The Morgan fingerprint density at radius 1 is 0.932 bits per heavy atom. The van der Waals surface area contributed by atoms with Gasteiger partial charge in [-0.3, -0.25) is 19.3 Å². The third-order valence-electron chi connectivity index (χ3n) is 8.59. The Balaban J connectivity index is 1.73. The molecule has 0 unspecified atom stereocenters. The van der Waals surface area contributed by atoms with Crippen LogP contribution in [0.25, 0.3) is 0 Å². The Hall–Kier alpha value is -3.36. The van der Waals surface area contributed by atoms with Crippen LogP contribution in [0.1, 0.15) is 71.4 Å². The first-order valence-corrected chi connectivity index (χ1v) is 17.4. The predicted octanol–water partition coefficient (Wildman–Crippen LogP) is 4.36. The third-order valence-corrected chi connectivity index (χ3v) is 10.3. The van der Waals surface area contributed by atoms with Crippen LogP contribution in [-0.4, -0.2) is 55.2 Å². The summed E-state index contributed by atoms with van der Waals surface area (Å²) in [7, 11) is -8.75. The third kappa shape index (κ3) is 6.38. The van der Waals surface area contributed by atoms with Crippen LogP contribution in [0.3, 0.4) is 0 Å². The van der Waals surface area contributed by atoms with Gasteiger partial charge in [-0.2, -0.15) is 21.4 Å². The number of unbranched alkanes of at least 4 members (excludes halogenated alkanes) is 2. The summed E-state index contributed by atoms with van der Waals surface area (Å²) in [5, 5.41) is 0. The smallest absolute Gasteiger partial charge is 0.294 e. The molecular formula is C31H41N4O7S2+. The molecule has 1 amide bonds. The number of hydrazine groups is 1. The molecule has 2 heterocycles. The first-order valence-electron chi connectivity index (χ1n) is 14.5. The Morgan fingerprint density at radius 3 is 2.14 bits per heavy atom. The van der Waals surface area contributed by atoms with Gasteiger partial charge in [0.25, 0.3) is 20.2 Å². The molecule has 2 aromatic rings. The van der Waals surface area contributed by atoms with Crippen LogP contribution in [0.5, 0.6) is 0 Å². The predicted molar refractivity (Wildman–Crippen MR) is 169 cm³/mol. The molecule has 0 aliphatic carbocycles. The molecule has 2 aliphatic heterocycles. The number of carbonyl (C=O) groups excluding carboxylic acids is 1. The SMILES string of the molecule is CCN1/C(=C\C=C\C2=[N+](CCCCCC(=O)NN)c3ccc(S(=O)(=O)O)cc3C2(C)C)C(C)(C)c2cc(S(=O)(=O)O)ccc21. The summed E-state index contributed by atoms with van der Waals surface area (Å²) in [5.41, 5.74) is 6.13. The van der Waals surface area contributed by atoms with Gasteiger partial charge in [-0.25, -0.2) is 5.84 Å². The van der Waals surface area contributed by atoms with E-state index in [2.05, 4.69) is 14.9 Å². The number of amides is 1. The lowest BCUT2D eigenvalue weighted by atomic mass is 9.81. The molecule has 5 N–H and O–H groups in total. The molecule has 0 aromatic heterocycles. The highest BCUT2D eigenvalue weighted by molar-refractivity contribution is 7.86. The standard InChI is InChI=1S/C31H40N4O7S2/c1-6-34-25-16-14-21(43(37,38)39)19-23(25)30(2,3)27(34)11-10-12-28-31(4,5)24-20-22(44(40,41)42)15-17-26(24)35(28)18-9-7-8-13-29(36)33-32/h10-12,14-17,19-20H,6-9,13,18,32H2,1-5H3,(H2-,33,36,37,38,39,40,41,42)/p+1. The minimum Gasteiger partial charge on any atom is -0.344 e. The second kappa shape index (κ2) is 12.2. The van der Waals surface area contributed by atoms with Gasteiger partial charge in [0.15, 0.2) is 5.71 Å². The molecule has 238 valence electrons. The van der Waals surface area contributed by atoms with Crippen molar-refractivity contribution >= 4 is 43.2 Å². The zero-order valence-corrected chi connectivity index (χ0v) is 27.3. The normalized spacial score (nSPS) is 18.3. The van der Waals surface area contributed by atoms with Crippen molar-refractivity contribution < 1.29 is 35.3 Å². The van der Waals surface area contributed by atoms with Crippen molar-refractivity contribution in [3.8, 4) is 0 Å². The molecule has 0 spiro atoms. The molecular weight excluding hydrogens is 604 g/mol. The van der Waals surface area contributed by atoms with Crippen molar-refractivity contribution in [1.29, 1.82) is 0 Å². The van der Waals surface area contributed by atoms with E-state index >= 15 is 0 Å². The number of rotatable bonds is 11. The van der Waals surface area contributed by atoms with Gasteiger partial charge in [0.05, 0.1) is 15.2 Å². The topological polar surface area (TPSA) is 170 Å². The fourth-order valence-corrected chi connectivity index (χ4v) is 7.26. The highest BCUT2D eigenvalue weighted by Crippen LogP contribution is 2.48. The number of allylic oxidation sites excluding steroid dienone is 4. The van der Waals surface area contributed by atoms with Crippen molar-refractivity contribution in [2.75, 3.05) is 18.0 Å². The average molecular weight is 646 g/mol. The molecule has 0 saturated heterocycles. The fourth-order valence-electron chi connectivity index (χ4n) is 6.25. The van der Waals surface area contributed by atoms with Crippen LogP contribution >= 0.6 is 0 Å². The van der Waals surface area contributed by atoms with Crippen LogP contribution < -0.4 is 16.2 Å². The number of nitrogens with one attached hydrogen (secondary N) is 1. The quantitative estimate of drug-likeness (QED) is 0.0692. The summed E-state index contributed by atoms with van der Waals surface area (Å²) in [6, 6.07) is 9.27. The van der Waals surface area contributed by atoms with E-state index in [0.717, 1.165) is 46.8 Å². The lowest BCUT2D eigenvalue weighted by Gasteiger charge is -2.25. The van der Waals surface area contributed by atoms with E-state index < -0.39 is 31.1 Å². The lowest BCUT2D eigenvalue weighted by Crippen LogP contribution is -2.29. The first-order chi connectivity index (χ1) is 20.4. The fraction of sp³-hybridized carbons (Fsp3) is 0.419. The van der Waals surface area contributed by atoms with Gasteiger partial charge in [0.2, 0.25) is 11.6 Å². The Labute approximate surface area is 259 Å². The molecule has 44 heavy (non-hydrogen) atoms. The minimum atomic E-state index is -4.40. The highest BCUT2D eigenvalue weighted by atomic mass is 32.2. The van der Waals surface area contributed by atoms with Crippen LogP contribution in [-0.2, 0) is 35.9 Å². The summed E-state index contributed by atoms with van der Waals surface area (Å²) in [6.07, 6.45) is 8.50. The summed E-state index contributed by atoms with van der Waals surface area (Å²) < 4.78 is 69.1. The Bertz CT molecular complexity index is 1790. The van der Waals surface area contributed by atoms with Crippen LogP contribution in [0.2, 0.25) is 0 Å². The molecule has 2 aliphatic rings. The van der Waals surface area contributed by atoms with E-state index in [-0.39, 0.29) is 15.7 Å². The maximum Gasteiger partial charge on any atom is 0.294 e. The van der Waals surface area contributed by atoms with E-state index in [1.807, 2.05) is 52.8 Å². The number of anilines is 1. The maximum atomic E-state index is 12.0. The highest BCUT2D eigenvalue weighted by Gasteiger charge is 2.45. The summed E-state index contributed by atoms with van der Waals surface area (Å²) in [6.45, 7) is 11.3. The zero-order chi connectivity index (χ0) is 32.7. The van der Waals surface area contributed by atoms with E-state index in [1.54, 1.807) is 12.1 Å². The zero-order valence-electron chi connectivity index (χ0n) is 25.7. The number of nitrogens with two attached hydrogens (primary N) is 1. The average Bonchev–Trinajstić information content (AvgIpc) is 3.29. The van der Waals surface area contributed by atoms with E-state index in [1.165, 1.54) is 24.3 Å². The van der Waals surface area contributed by atoms with Crippen molar-refractivity contribution in [2.24, 2.45) is 5.84 Å². The second-order valence-corrected chi connectivity index (χ2v) is 15.0. The van der Waals surface area contributed by atoms with Crippen LogP contribution in [0.15, 0.2) is 70.1 Å². The van der Waals surface area contributed by atoms with E-state index in [9.17, 15) is 30.7 Å². The number of likely N-dealkylation sites (N-methyl/N-ethyl adjacent to an activating group) is 1. The summed E-state index contributed by atoms with van der Waals surface area (Å²) in [4.78, 5) is 13.3. The van der Waals surface area contributed by atoms with Crippen molar-refractivity contribution in [1.82, 2.24) is 5.43 Å². The van der Waals surface area contributed by atoms with E-state index in [4.69, 9.17) is 5.84 Å². The molecule has 0 fully saturated rings. The minimum absolute atomic E-state index is 0.151. The van der Waals surface area contributed by atoms with Gasteiger partial charge in [-0.1, -0.05) is 19.9 Å². The van der Waals surface area contributed by atoms with Gasteiger partial charge in [-0.05, 0) is 75.6 Å². The first kappa shape index (κ1) is 33.5. The molecule has 0 radical (unpaired) electrons. The van der Waals surface area contributed by atoms with Crippen LogP contribution in [0, 0.1) is 0 Å². The maximum absolute atomic E-state index is 12.0. The largest absolute Gasteiger partial charge is 0.344 e. The van der Waals surface area contributed by atoms with Crippen molar-refractivity contribution in [3.05, 3.63) is 71.5 Å². The number of nitrogens with zero attached hydrogens (tertiary/aromatic N) is 2. The molecule has 2 aromatic carbocycles. The molecule has 0 bridgehead atoms. The number of benzene rings is 2. The monoisotopic (exact) mass is 645 g/mol. The van der Waals surface area contributed by atoms with Gasteiger partial charge in [0, 0.05) is 53.9 Å². The van der Waals surface area contributed by atoms with Crippen molar-refractivity contribution in [3.63, 3.8) is 0 Å². The molecule has 4 rings (SSSR count). The Morgan fingerprint density at radius 2 is 1.55 bits per heavy atom. The number of hydrogen-bond donors (Lipinski definition) is 4. The molecule has 0 atom stereocenters. The molecule has 13 heteroatoms. The van der Waals surface area contributed by atoms with Gasteiger partial charge >= 0.3 is 0 Å². The van der Waals surface area contributed by atoms with Crippen LogP contribution in [0.4, 0.5) is 11.4 Å². The van der Waals surface area contributed by atoms with Gasteiger partial charge in [-0.15, -0.1) is 0 Å². The number of hydrogen-bond acceptors (Lipinski definition) is 7. The molecule has 0 saturated carbocycles. The Kier molecular flexibility index (Phi) is 9.30. The molecule has 11 nitrogen and oxygen atoms in total. The number of carbonyl (C=O) groups is 1. The second-order valence-electron chi connectivity index (χ2n) is 12.1. The van der Waals surface area contributed by atoms with Gasteiger partial charge in [0.1, 0.15) is 6.54 Å². The summed E-state index contributed by atoms with van der Waals surface area (Å²) >= 11 is 0. The summed E-state index contributed by atoms with van der Waals surface area (Å²) in [5.74, 6) is 4.97. The van der Waals surface area contributed by atoms with E-state index in [0.29, 0.717) is 25.9 Å². The van der Waals surface area contributed by atoms with Crippen molar-refractivity contribution in [2.45, 2.75) is 80.9 Å².